The Kier molecular flexibility index (Phi) is 10.9. The molecule has 0 aliphatic carbocycles. The summed E-state index contributed by atoms with van der Waals surface area (Å²) in [5.41, 5.74) is 0. The molecule has 0 radical (unpaired) electrons. The number of halogens is 1. The lowest BCUT2D eigenvalue weighted by molar-refractivity contribution is 0.317. The molecule has 0 amide bonds. The highest BCUT2D eigenvalue weighted by atomic mass is 79.9. The summed E-state index contributed by atoms with van der Waals surface area (Å²) in [6.45, 7) is 4.81. The molecule has 1 nitrogen and oxygen atoms in total. The van der Waals surface area contributed by atoms with E-state index in [0.717, 1.165) is 5.33 Å². The normalized spacial score (nSPS) is 11.1. The van der Waals surface area contributed by atoms with Crippen LogP contribution in [0.3, 0.4) is 0 Å². The lowest BCUT2D eigenvalue weighted by Gasteiger charge is -2.15. The Morgan fingerprint density at radius 2 is 1.54 bits per heavy atom. The van der Waals surface area contributed by atoms with Gasteiger partial charge >= 0.3 is 0 Å². The standard InChI is InChI=1S/C11H24BrN/c1-3-4-7-10-13(2)11-8-5-6-9-12/h3-11H2,1-2H3. The predicted octanol–water partition coefficient (Wildman–Crippen LogP) is 3.67. The minimum Gasteiger partial charge on any atom is -0.306 e. The molecule has 0 aliphatic heterocycles. The highest BCUT2D eigenvalue weighted by Crippen LogP contribution is 2.01. The Labute approximate surface area is 92.0 Å². The third-order valence-electron chi connectivity index (χ3n) is 2.32. The van der Waals surface area contributed by atoms with E-state index in [0.29, 0.717) is 0 Å². The zero-order valence-corrected chi connectivity index (χ0v) is 10.8. The fraction of sp³-hybridized carbons (Fsp3) is 1.00. The van der Waals surface area contributed by atoms with E-state index >= 15 is 0 Å². The summed E-state index contributed by atoms with van der Waals surface area (Å²) in [6, 6.07) is 0. The van der Waals surface area contributed by atoms with Crippen molar-refractivity contribution in [1.82, 2.24) is 4.90 Å². The molecule has 0 bridgehead atoms. The monoisotopic (exact) mass is 249 g/mol. The number of unbranched alkanes of at least 4 members (excludes halogenated alkanes) is 4. The third-order valence-corrected chi connectivity index (χ3v) is 2.88. The molecule has 0 heterocycles. The molecule has 0 atom stereocenters. The van der Waals surface area contributed by atoms with E-state index < -0.39 is 0 Å². The number of hydrogen-bond acceptors (Lipinski definition) is 1. The minimum atomic E-state index is 1.16. The van der Waals surface area contributed by atoms with Crippen molar-refractivity contribution < 1.29 is 0 Å². The van der Waals surface area contributed by atoms with Gasteiger partial charge in [-0.1, -0.05) is 42.1 Å². The highest BCUT2D eigenvalue weighted by molar-refractivity contribution is 9.09. The van der Waals surface area contributed by atoms with E-state index in [4.69, 9.17) is 0 Å². The highest BCUT2D eigenvalue weighted by Gasteiger charge is 1.96. The molecule has 0 rings (SSSR count). The van der Waals surface area contributed by atoms with E-state index in [1.807, 2.05) is 0 Å². The second kappa shape index (κ2) is 10.5. The van der Waals surface area contributed by atoms with Crippen molar-refractivity contribution in [2.75, 3.05) is 25.5 Å². The van der Waals surface area contributed by atoms with Crippen LogP contribution in [0.15, 0.2) is 0 Å². The first-order valence-electron chi connectivity index (χ1n) is 5.55. The van der Waals surface area contributed by atoms with Crippen LogP contribution in [-0.4, -0.2) is 30.4 Å². The lowest BCUT2D eigenvalue weighted by Crippen LogP contribution is -2.20. The third kappa shape index (κ3) is 10.4. The van der Waals surface area contributed by atoms with E-state index in [2.05, 4.69) is 34.8 Å². The van der Waals surface area contributed by atoms with Crippen LogP contribution >= 0.6 is 15.9 Å². The maximum Gasteiger partial charge on any atom is 0.00313 e. The molecule has 0 spiro atoms. The number of nitrogens with zero attached hydrogens (tertiary/aromatic N) is 1. The molecule has 0 N–H and O–H groups in total. The number of hydrogen-bond donors (Lipinski definition) is 0. The van der Waals surface area contributed by atoms with Gasteiger partial charge < -0.3 is 4.90 Å². The molecule has 0 saturated carbocycles. The molecule has 0 aromatic heterocycles. The van der Waals surface area contributed by atoms with Gasteiger partial charge in [0.2, 0.25) is 0 Å². The summed E-state index contributed by atoms with van der Waals surface area (Å²) in [4.78, 5) is 2.46. The molecular formula is C11H24BrN. The van der Waals surface area contributed by atoms with Crippen LogP contribution < -0.4 is 0 Å². The maximum absolute atomic E-state index is 3.45. The summed E-state index contributed by atoms with van der Waals surface area (Å²) < 4.78 is 0. The van der Waals surface area contributed by atoms with Crippen LogP contribution in [0.4, 0.5) is 0 Å². The van der Waals surface area contributed by atoms with Gasteiger partial charge in [0.25, 0.3) is 0 Å². The molecule has 0 aromatic carbocycles. The van der Waals surface area contributed by atoms with Gasteiger partial charge in [-0.25, -0.2) is 0 Å². The summed E-state index contributed by atoms with van der Waals surface area (Å²) in [5.74, 6) is 0. The van der Waals surface area contributed by atoms with E-state index in [9.17, 15) is 0 Å². The summed E-state index contributed by atoms with van der Waals surface area (Å²) >= 11 is 3.45. The quantitative estimate of drug-likeness (QED) is 0.445. The van der Waals surface area contributed by atoms with Crippen LogP contribution in [0.1, 0.15) is 45.4 Å². The first-order chi connectivity index (χ1) is 6.31. The Hall–Kier alpha value is 0.440. The summed E-state index contributed by atoms with van der Waals surface area (Å²) in [7, 11) is 2.24. The number of alkyl halides is 1. The van der Waals surface area contributed by atoms with Crippen LogP contribution in [0, 0.1) is 0 Å². The second-order valence-corrected chi connectivity index (χ2v) is 4.55. The fourth-order valence-electron chi connectivity index (χ4n) is 1.40. The second-order valence-electron chi connectivity index (χ2n) is 3.76. The van der Waals surface area contributed by atoms with Crippen molar-refractivity contribution in [3.05, 3.63) is 0 Å². The van der Waals surface area contributed by atoms with Crippen molar-refractivity contribution in [3.63, 3.8) is 0 Å². The van der Waals surface area contributed by atoms with E-state index in [1.54, 1.807) is 0 Å². The smallest absolute Gasteiger partial charge is 0.00313 e. The van der Waals surface area contributed by atoms with Crippen molar-refractivity contribution in [2.45, 2.75) is 45.4 Å². The van der Waals surface area contributed by atoms with Gasteiger partial charge in [-0.2, -0.15) is 0 Å². The van der Waals surface area contributed by atoms with Gasteiger partial charge in [0.05, 0.1) is 0 Å². The largest absolute Gasteiger partial charge is 0.306 e. The first kappa shape index (κ1) is 13.4. The van der Waals surface area contributed by atoms with Gasteiger partial charge in [0.1, 0.15) is 0 Å². The van der Waals surface area contributed by atoms with Gasteiger partial charge in [-0.15, -0.1) is 0 Å². The molecule has 0 unspecified atom stereocenters. The fourth-order valence-corrected chi connectivity index (χ4v) is 1.79. The van der Waals surface area contributed by atoms with E-state index in [-0.39, 0.29) is 0 Å². The van der Waals surface area contributed by atoms with Crippen LogP contribution in [0.25, 0.3) is 0 Å². The Balaban J connectivity index is 3.05. The van der Waals surface area contributed by atoms with Crippen molar-refractivity contribution >= 4 is 15.9 Å². The Morgan fingerprint density at radius 1 is 0.923 bits per heavy atom. The SMILES string of the molecule is CCCCCN(C)CCCCCBr. The van der Waals surface area contributed by atoms with Gasteiger partial charge in [0, 0.05) is 5.33 Å². The molecule has 13 heavy (non-hydrogen) atoms. The van der Waals surface area contributed by atoms with Crippen LogP contribution in [0.2, 0.25) is 0 Å². The molecule has 0 saturated heterocycles. The Morgan fingerprint density at radius 3 is 2.08 bits per heavy atom. The van der Waals surface area contributed by atoms with Crippen molar-refractivity contribution in [3.8, 4) is 0 Å². The zero-order chi connectivity index (χ0) is 9.94. The van der Waals surface area contributed by atoms with Gasteiger partial charge in [-0.05, 0) is 39.4 Å². The lowest BCUT2D eigenvalue weighted by atomic mass is 10.2. The molecule has 2 heteroatoms. The molecular weight excluding hydrogens is 226 g/mol. The van der Waals surface area contributed by atoms with Crippen molar-refractivity contribution in [1.29, 1.82) is 0 Å². The predicted molar refractivity (Wildman–Crippen MR) is 64.7 cm³/mol. The molecule has 0 aromatic rings. The molecule has 80 valence electrons. The van der Waals surface area contributed by atoms with Gasteiger partial charge in [0.15, 0.2) is 0 Å². The van der Waals surface area contributed by atoms with Crippen LogP contribution in [0.5, 0.6) is 0 Å². The summed E-state index contributed by atoms with van der Waals surface area (Å²) in [6.07, 6.45) is 8.12. The van der Waals surface area contributed by atoms with Crippen molar-refractivity contribution in [2.24, 2.45) is 0 Å². The zero-order valence-electron chi connectivity index (χ0n) is 9.19. The average Bonchev–Trinajstić information content (AvgIpc) is 2.13. The topological polar surface area (TPSA) is 3.24 Å². The minimum absolute atomic E-state index is 1.16. The Bertz CT molecular complexity index is 96.1. The maximum atomic E-state index is 3.45. The first-order valence-corrected chi connectivity index (χ1v) is 6.68. The van der Waals surface area contributed by atoms with Crippen LogP contribution in [-0.2, 0) is 0 Å². The number of rotatable bonds is 9. The summed E-state index contributed by atoms with van der Waals surface area (Å²) in [5, 5.41) is 1.16. The van der Waals surface area contributed by atoms with Gasteiger partial charge in [-0.3, -0.25) is 0 Å². The average molecular weight is 250 g/mol. The van der Waals surface area contributed by atoms with E-state index in [1.165, 1.54) is 51.6 Å². The molecule has 0 fully saturated rings. The molecule has 0 aliphatic rings.